The average molecular weight is 455 g/mol. The van der Waals surface area contributed by atoms with E-state index in [1.807, 2.05) is 18.0 Å². The molecule has 1 aliphatic carbocycles. The molecule has 168 valence electrons. The normalized spacial score (nSPS) is 24.8. The lowest BCUT2D eigenvalue weighted by Gasteiger charge is -2.57. The number of carbonyl (C=O) groups excluding carboxylic acids is 1. The number of nitrogens with one attached hydrogen (secondary N) is 1. The molecule has 6 nitrogen and oxygen atoms in total. The summed E-state index contributed by atoms with van der Waals surface area (Å²) in [5, 5.41) is 3.42. The van der Waals surface area contributed by atoms with Gasteiger partial charge < -0.3 is 14.5 Å². The first-order chi connectivity index (χ1) is 15.3. The number of hydrogen-bond acceptors (Lipinski definition) is 5. The molecule has 0 saturated carbocycles. The second kappa shape index (κ2) is 7.71. The van der Waals surface area contributed by atoms with Gasteiger partial charge in [-0.2, -0.15) is 0 Å². The van der Waals surface area contributed by atoms with E-state index < -0.39 is 0 Å². The van der Waals surface area contributed by atoms with E-state index in [0.29, 0.717) is 15.3 Å². The van der Waals surface area contributed by atoms with Gasteiger partial charge in [0, 0.05) is 18.5 Å². The highest BCUT2D eigenvalue weighted by Gasteiger charge is 2.52. The number of benzene rings is 2. The van der Waals surface area contributed by atoms with Crippen molar-refractivity contribution in [1.29, 1.82) is 0 Å². The third-order valence-electron chi connectivity index (χ3n) is 7.23. The van der Waals surface area contributed by atoms with Gasteiger partial charge in [0.15, 0.2) is 5.13 Å². The molecule has 1 aliphatic heterocycles. The van der Waals surface area contributed by atoms with Crippen LogP contribution in [0.3, 0.4) is 0 Å². The fourth-order valence-electron chi connectivity index (χ4n) is 5.51. The molecule has 5 rings (SSSR count). The predicted octanol–water partition coefficient (Wildman–Crippen LogP) is 4.49. The van der Waals surface area contributed by atoms with Crippen LogP contribution in [0.15, 0.2) is 36.4 Å². The molecule has 3 aromatic rings. The number of thiazole rings is 1. The number of fused-ring (bicyclic) bond motifs is 5. The largest absolute Gasteiger partial charge is 0.497 e. The van der Waals surface area contributed by atoms with Crippen molar-refractivity contribution < 1.29 is 13.9 Å². The van der Waals surface area contributed by atoms with E-state index in [9.17, 15) is 9.18 Å². The summed E-state index contributed by atoms with van der Waals surface area (Å²) in [6.45, 7) is 3.24. The van der Waals surface area contributed by atoms with Crippen molar-refractivity contribution >= 4 is 32.7 Å². The molecule has 2 aliphatic rings. The van der Waals surface area contributed by atoms with E-state index in [1.165, 1.54) is 34.6 Å². The number of piperidine rings is 1. The maximum absolute atomic E-state index is 13.5. The van der Waals surface area contributed by atoms with Crippen LogP contribution in [0.4, 0.5) is 14.3 Å². The first kappa shape index (κ1) is 21.2. The highest BCUT2D eigenvalue weighted by atomic mass is 32.1. The number of urea groups is 1. The van der Waals surface area contributed by atoms with Gasteiger partial charge in [0.1, 0.15) is 11.6 Å². The third-order valence-corrected chi connectivity index (χ3v) is 8.16. The van der Waals surface area contributed by atoms with Crippen LogP contribution in [0.1, 0.15) is 24.5 Å². The summed E-state index contributed by atoms with van der Waals surface area (Å²) in [6, 6.07) is 10.8. The van der Waals surface area contributed by atoms with Crippen molar-refractivity contribution in [3.05, 3.63) is 53.3 Å². The zero-order valence-electron chi connectivity index (χ0n) is 18.7. The SMILES string of the molecule is COc1ccc2c(c1)[C@@]1(C)CCN(C)[C@H](C2)[C@@H]1N(C)C(=O)Nc1nc2ccc(F)cc2s1. The maximum Gasteiger partial charge on any atom is 0.323 e. The number of hydrogen-bond donors (Lipinski definition) is 1. The van der Waals surface area contributed by atoms with Crippen LogP contribution < -0.4 is 10.1 Å². The van der Waals surface area contributed by atoms with Gasteiger partial charge in [-0.1, -0.05) is 24.3 Å². The smallest absolute Gasteiger partial charge is 0.323 e. The lowest BCUT2D eigenvalue weighted by Crippen LogP contribution is -2.67. The minimum atomic E-state index is -0.309. The molecule has 8 heteroatoms. The van der Waals surface area contributed by atoms with Crippen LogP contribution in [-0.4, -0.2) is 60.6 Å². The Labute approximate surface area is 191 Å². The van der Waals surface area contributed by atoms with Crippen LogP contribution >= 0.6 is 11.3 Å². The summed E-state index contributed by atoms with van der Waals surface area (Å²) in [7, 11) is 5.69. The first-order valence-electron chi connectivity index (χ1n) is 10.8. The Morgan fingerprint density at radius 3 is 2.94 bits per heavy atom. The van der Waals surface area contributed by atoms with Gasteiger partial charge in [-0.25, -0.2) is 14.2 Å². The Hall–Kier alpha value is -2.71. The molecule has 0 radical (unpaired) electrons. The van der Waals surface area contributed by atoms with E-state index in [4.69, 9.17) is 4.74 Å². The van der Waals surface area contributed by atoms with Crippen LogP contribution in [-0.2, 0) is 11.8 Å². The van der Waals surface area contributed by atoms with Crippen LogP contribution in [0.2, 0.25) is 0 Å². The second-order valence-corrected chi connectivity index (χ2v) is 10.1. The summed E-state index contributed by atoms with van der Waals surface area (Å²) in [6.07, 6.45) is 1.83. The summed E-state index contributed by atoms with van der Waals surface area (Å²) in [5.41, 5.74) is 3.07. The number of amides is 2. The lowest BCUT2D eigenvalue weighted by molar-refractivity contribution is 0.0213. The van der Waals surface area contributed by atoms with Gasteiger partial charge in [-0.3, -0.25) is 5.32 Å². The summed E-state index contributed by atoms with van der Waals surface area (Å²) in [4.78, 5) is 22.0. The van der Waals surface area contributed by atoms with Gasteiger partial charge in [-0.05, 0) is 67.9 Å². The molecule has 1 fully saturated rings. The fraction of sp³-hybridized carbons (Fsp3) is 0.417. The van der Waals surface area contributed by atoms with Crippen molar-refractivity contribution in [2.24, 2.45) is 0 Å². The molecule has 3 atom stereocenters. The molecule has 2 amide bonds. The van der Waals surface area contributed by atoms with E-state index in [2.05, 4.69) is 41.3 Å². The molecule has 2 aromatic carbocycles. The minimum Gasteiger partial charge on any atom is -0.497 e. The summed E-state index contributed by atoms with van der Waals surface area (Å²) < 4.78 is 19.8. The molecule has 0 unspecified atom stereocenters. The lowest BCUT2D eigenvalue weighted by atomic mass is 9.61. The minimum absolute atomic E-state index is 0.00678. The number of carbonyl (C=O) groups is 1. The predicted molar refractivity (Wildman–Crippen MR) is 125 cm³/mol. The molecular formula is C24H27FN4O2S. The molecular weight excluding hydrogens is 427 g/mol. The van der Waals surface area contributed by atoms with Gasteiger partial charge in [-0.15, -0.1) is 0 Å². The van der Waals surface area contributed by atoms with Crippen LogP contribution in [0.25, 0.3) is 10.2 Å². The van der Waals surface area contributed by atoms with E-state index in [1.54, 1.807) is 13.2 Å². The maximum atomic E-state index is 13.5. The zero-order chi connectivity index (χ0) is 22.6. The van der Waals surface area contributed by atoms with Crippen LogP contribution in [0, 0.1) is 5.82 Å². The number of methoxy groups -OCH3 is 1. The first-order valence-corrected chi connectivity index (χ1v) is 11.6. The molecule has 1 N–H and O–H groups in total. The Bertz CT molecular complexity index is 1200. The van der Waals surface area contributed by atoms with Gasteiger partial charge in [0.25, 0.3) is 0 Å². The Kier molecular flexibility index (Phi) is 5.09. The monoisotopic (exact) mass is 454 g/mol. The van der Waals surface area contributed by atoms with Gasteiger partial charge in [0.05, 0.1) is 23.4 Å². The third kappa shape index (κ3) is 3.33. The molecule has 2 bridgehead atoms. The van der Waals surface area contributed by atoms with Crippen molar-refractivity contribution in [3.63, 3.8) is 0 Å². The standard InChI is InChI=1S/C24H27FN4O2S/c1-24-9-10-28(2)19(11-14-5-7-16(31-4)13-17(14)24)21(24)29(3)23(30)27-22-26-18-8-6-15(25)12-20(18)32-22/h5-8,12-13,19,21H,9-11H2,1-4H3,(H,26,27,30)/t19-,21+,24-/m1/s1. The van der Waals surface area contributed by atoms with Crippen molar-refractivity contribution in [2.75, 3.05) is 33.1 Å². The Morgan fingerprint density at radius 1 is 1.34 bits per heavy atom. The average Bonchev–Trinajstić information content (AvgIpc) is 3.17. The fourth-order valence-corrected chi connectivity index (χ4v) is 6.39. The topological polar surface area (TPSA) is 57.7 Å². The number of likely N-dealkylation sites (tertiary alicyclic amines) is 1. The number of rotatable bonds is 3. The number of aromatic nitrogens is 1. The quantitative estimate of drug-likeness (QED) is 0.633. The molecule has 1 aromatic heterocycles. The Morgan fingerprint density at radius 2 is 2.16 bits per heavy atom. The molecule has 32 heavy (non-hydrogen) atoms. The van der Waals surface area contributed by atoms with Gasteiger partial charge >= 0.3 is 6.03 Å². The van der Waals surface area contributed by atoms with Crippen molar-refractivity contribution in [2.45, 2.75) is 37.3 Å². The molecule has 0 spiro atoms. The van der Waals surface area contributed by atoms with Gasteiger partial charge in [0.2, 0.25) is 0 Å². The molecule has 2 heterocycles. The number of halogens is 1. The Balaban J connectivity index is 1.46. The van der Waals surface area contributed by atoms with E-state index in [0.717, 1.165) is 25.1 Å². The number of anilines is 1. The summed E-state index contributed by atoms with van der Waals surface area (Å²) >= 11 is 1.28. The second-order valence-electron chi connectivity index (χ2n) is 9.06. The van der Waals surface area contributed by atoms with Crippen molar-refractivity contribution in [3.8, 4) is 5.75 Å². The van der Waals surface area contributed by atoms with Crippen LogP contribution in [0.5, 0.6) is 5.75 Å². The number of ether oxygens (including phenoxy) is 1. The highest BCUT2D eigenvalue weighted by Crippen LogP contribution is 2.47. The summed E-state index contributed by atoms with van der Waals surface area (Å²) in [5.74, 6) is 0.533. The van der Waals surface area contributed by atoms with E-state index >= 15 is 0 Å². The highest BCUT2D eigenvalue weighted by molar-refractivity contribution is 7.22. The number of nitrogens with zero attached hydrogens (tertiary/aromatic N) is 3. The van der Waals surface area contributed by atoms with E-state index in [-0.39, 0.29) is 29.3 Å². The van der Waals surface area contributed by atoms with Crippen molar-refractivity contribution in [1.82, 2.24) is 14.8 Å². The zero-order valence-corrected chi connectivity index (χ0v) is 19.5. The molecule has 1 saturated heterocycles. The number of likely N-dealkylation sites (N-methyl/N-ethyl adjacent to an activating group) is 2.